The Bertz CT molecular complexity index is 1170. The van der Waals surface area contributed by atoms with Crippen molar-refractivity contribution in [2.45, 2.75) is 78.8 Å². The van der Waals surface area contributed by atoms with Crippen LogP contribution in [0.1, 0.15) is 90.8 Å². The number of carbonyl (C=O) groups is 1. The Hall–Kier alpha value is -2.98. The van der Waals surface area contributed by atoms with Gasteiger partial charge in [0.15, 0.2) is 0 Å². The molecule has 0 bridgehead atoms. The third-order valence-corrected chi connectivity index (χ3v) is 7.21. The van der Waals surface area contributed by atoms with E-state index >= 15 is 0 Å². The molecule has 0 heterocycles. The van der Waals surface area contributed by atoms with Gasteiger partial charge < -0.3 is 5.11 Å². The molecule has 0 fully saturated rings. The number of nitrogens with zero attached hydrogens (tertiary/aromatic N) is 1. The second-order valence-electron chi connectivity index (χ2n) is 10.1. The maximum absolute atomic E-state index is 14.9. The maximum atomic E-state index is 14.9. The van der Waals surface area contributed by atoms with E-state index in [0.29, 0.717) is 11.5 Å². The van der Waals surface area contributed by atoms with Gasteiger partial charge in [0.1, 0.15) is 5.82 Å². The lowest BCUT2D eigenvalue weighted by Gasteiger charge is -2.26. The number of rotatable bonds is 12. The van der Waals surface area contributed by atoms with Gasteiger partial charge in [-0.25, -0.2) is 4.39 Å². The summed E-state index contributed by atoms with van der Waals surface area (Å²) >= 11 is 0. The van der Waals surface area contributed by atoms with Crippen LogP contribution in [0.25, 0.3) is 0 Å². The van der Waals surface area contributed by atoms with Crippen molar-refractivity contribution in [1.29, 1.82) is 0 Å². The highest BCUT2D eigenvalue weighted by molar-refractivity contribution is 5.69. The summed E-state index contributed by atoms with van der Waals surface area (Å²) < 4.78 is 14.9. The molecule has 2 atom stereocenters. The zero-order valence-electron chi connectivity index (χ0n) is 22.4. The lowest BCUT2D eigenvalue weighted by molar-refractivity contribution is -0.137. The molecule has 3 aromatic rings. The molecule has 0 aromatic heterocycles. The molecule has 0 aliphatic carbocycles. The second-order valence-corrected chi connectivity index (χ2v) is 10.1. The Kier molecular flexibility index (Phi) is 9.83. The van der Waals surface area contributed by atoms with Gasteiger partial charge in [-0.05, 0) is 84.2 Å². The van der Waals surface area contributed by atoms with Crippen molar-refractivity contribution >= 4 is 5.97 Å². The molecule has 3 aromatic carbocycles. The first-order chi connectivity index (χ1) is 17.2. The number of aliphatic carboxylic acids is 1. The summed E-state index contributed by atoms with van der Waals surface area (Å²) in [6, 6.07) is 19.9. The normalized spacial score (nSPS) is 13.1. The lowest BCUT2D eigenvalue weighted by Crippen LogP contribution is -2.25. The molecule has 0 saturated heterocycles. The van der Waals surface area contributed by atoms with Gasteiger partial charge in [0.2, 0.25) is 0 Å². The van der Waals surface area contributed by atoms with Crippen LogP contribution in [0.2, 0.25) is 0 Å². The van der Waals surface area contributed by atoms with Crippen LogP contribution in [-0.2, 0) is 17.9 Å². The predicted octanol–water partition coefficient (Wildman–Crippen LogP) is 7.97. The van der Waals surface area contributed by atoms with Gasteiger partial charge in [-0.3, -0.25) is 9.69 Å². The molecule has 0 radical (unpaired) electrons. The van der Waals surface area contributed by atoms with Gasteiger partial charge in [0.05, 0.1) is 6.42 Å². The Morgan fingerprint density at radius 2 is 1.67 bits per heavy atom. The molecule has 1 N–H and O–H groups in total. The van der Waals surface area contributed by atoms with E-state index in [9.17, 15) is 14.3 Å². The minimum absolute atomic E-state index is 0.149. The summed E-state index contributed by atoms with van der Waals surface area (Å²) in [5.41, 5.74) is 7.19. The van der Waals surface area contributed by atoms with Gasteiger partial charge in [-0.2, -0.15) is 0 Å². The molecule has 36 heavy (non-hydrogen) atoms. The molecule has 2 unspecified atom stereocenters. The van der Waals surface area contributed by atoms with Crippen LogP contribution in [0.15, 0.2) is 60.7 Å². The molecule has 192 valence electrons. The van der Waals surface area contributed by atoms with E-state index in [1.165, 1.54) is 17.2 Å². The van der Waals surface area contributed by atoms with E-state index < -0.39 is 11.9 Å². The first-order valence-electron chi connectivity index (χ1n) is 13.1. The molecule has 3 nitrogen and oxygen atoms in total. The third-order valence-electron chi connectivity index (χ3n) is 7.21. The van der Waals surface area contributed by atoms with Crippen LogP contribution >= 0.6 is 0 Å². The topological polar surface area (TPSA) is 40.5 Å². The summed E-state index contributed by atoms with van der Waals surface area (Å²) in [5, 5.41) is 9.62. The highest BCUT2D eigenvalue weighted by atomic mass is 19.1. The second kappa shape index (κ2) is 12.8. The number of benzene rings is 3. The number of carboxylic acid groups (broad SMARTS) is 1. The Morgan fingerprint density at radius 3 is 2.33 bits per heavy atom. The highest BCUT2D eigenvalue weighted by Crippen LogP contribution is 2.32. The third kappa shape index (κ3) is 7.04. The van der Waals surface area contributed by atoms with E-state index in [4.69, 9.17) is 0 Å². The first kappa shape index (κ1) is 27.6. The molecule has 4 heteroatoms. The van der Waals surface area contributed by atoms with Crippen LogP contribution in [0.3, 0.4) is 0 Å². The number of hydrogen-bond donors (Lipinski definition) is 1. The zero-order valence-corrected chi connectivity index (χ0v) is 22.4. The highest BCUT2D eigenvalue weighted by Gasteiger charge is 2.22. The fourth-order valence-electron chi connectivity index (χ4n) is 4.97. The van der Waals surface area contributed by atoms with E-state index in [-0.39, 0.29) is 12.2 Å². The van der Waals surface area contributed by atoms with Crippen molar-refractivity contribution in [1.82, 2.24) is 4.90 Å². The first-order valence-corrected chi connectivity index (χ1v) is 13.1. The molecule has 0 aliphatic rings. The lowest BCUT2D eigenvalue weighted by atomic mass is 9.86. The zero-order chi connectivity index (χ0) is 26.2. The average Bonchev–Trinajstić information content (AvgIpc) is 2.84. The number of hydrogen-bond acceptors (Lipinski definition) is 2. The molecule has 3 rings (SSSR count). The largest absolute Gasteiger partial charge is 0.481 e. The maximum Gasteiger partial charge on any atom is 0.304 e. The van der Waals surface area contributed by atoms with Crippen LogP contribution in [0.4, 0.5) is 4.39 Å². The fraction of sp³-hybridized carbons (Fsp3) is 0.406. The number of carboxylic acids is 1. The molecular formula is C32H40FNO2. The van der Waals surface area contributed by atoms with Crippen LogP contribution in [0.5, 0.6) is 0 Å². The monoisotopic (exact) mass is 489 g/mol. The SMILES string of the molecule is CCCN(Cc1cc(C(CC(=O)O)c2ccc(C)cc2F)ccc1C)Cc1ccccc1C(C)CC. The van der Waals surface area contributed by atoms with Gasteiger partial charge in [-0.15, -0.1) is 0 Å². The Balaban J connectivity index is 1.94. The van der Waals surface area contributed by atoms with Crippen molar-refractivity contribution in [3.05, 3.63) is 105 Å². The smallest absolute Gasteiger partial charge is 0.304 e. The Morgan fingerprint density at radius 1 is 0.944 bits per heavy atom. The summed E-state index contributed by atoms with van der Waals surface area (Å²) in [6.07, 6.45) is 2.00. The van der Waals surface area contributed by atoms with Crippen molar-refractivity contribution in [2.24, 2.45) is 0 Å². The number of halogens is 1. The molecule has 0 aliphatic heterocycles. The minimum atomic E-state index is -0.934. The van der Waals surface area contributed by atoms with Crippen LogP contribution < -0.4 is 0 Å². The molecule has 0 amide bonds. The van der Waals surface area contributed by atoms with Gasteiger partial charge >= 0.3 is 5.97 Å². The van der Waals surface area contributed by atoms with Crippen molar-refractivity contribution in [3.8, 4) is 0 Å². The molecule has 0 spiro atoms. The fourth-order valence-corrected chi connectivity index (χ4v) is 4.97. The van der Waals surface area contributed by atoms with Crippen LogP contribution in [-0.4, -0.2) is 22.5 Å². The van der Waals surface area contributed by atoms with E-state index in [2.05, 4.69) is 62.9 Å². The average molecular weight is 490 g/mol. The summed E-state index contributed by atoms with van der Waals surface area (Å²) in [5.74, 6) is -1.31. The van der Waals surface area contributed by atoms with Crippen molar-refractivity contribution < 1.29 is 14.3 Å². The Labute approximate surface area is 216 Å². The quantitative estimate of drug-likeness (QED) is 0.280. The minimum Gasteiger partial charge on any atom is -0.481 e. The van der Waals surface area contributed by atoms with Crippen molar-refractivity contribution in [3.63, 3.8) is 0 Å². The van der Waals surface area contributed by atoms with E-state index in [1.807, 2.05) is 25.1 Å². The van der Waals surface area contributed by atoms with Crippen molar-refractivity contribution in [2.75, 3.05) is 6.54 Å². The summed E-state index contributed by atoms with van der Waals surface area (Å²) in [4.78, 5) is 14.2. The van der Waals surface area contributed by atoms with Gasteiger partial charge in [0.25, 0.3) is 0 Å². The number of aryl methyl sites for hydroxylation is 2. The standard InChI is InChI=1S/C32H40FNO2/c1-6-16-34(20-26-10-8-9-11-28(26)23(4)7-2)21-27-18-25(14-13-24(27)5)30(19-32(35)36)29-15-12-22(3)17-31(29)33/h8-15,17-18,23,30H,6-7,16,19-21H2,1-5H3,(H,35,36). The van der Waals surface area contributed by atoms with E-state index in [0.717, 1.165) is 54.7 Å². The summed E-state index contributed by atoms with van der Waals surface area (Å²) in [6.45, 7) is 13.2. The molecular weight excluding hydrogens is 449 g/mol. The summed E-state index contributed by atoms with van der Waals surface area (Å²) in [7, 11) is 0. The van der Waals surface area contributed by atoms with Gasteiger partial charge in [-0.1, -0.05) is 75.4 Å². The van der Waals surface area contributed by atoms with Gasteiger partial charge in [0, 0.05) is 19.0 Å². The van der Waals surface area contributed by atoms with Crippen LogP contribution in [0, 0.1) is 19.7 Å². The molecule has 0 saturated carbocycles. The van der Waals surface area contributed by atoms with E-state index in [1.54, 1.807) is 6.07 Å². The predicted molar refractivity (Wildman–Crippen MR) is 146 cm³/mol.